The molecule has 4 aromatic rings. The minimum absolute atomic E-state index is 0.173. The summed E-state index contributed by atoms with van der Waals surface area (Å²) in [5.74, 6) is -0.476. The van der Waals surface area contributed by atoms with Gasteiger partial charge in [0.25, 0.3) is 0 Å². The van der Waals surface area contributed by atoms with Crippen LogP contribution in [-0.4, -0.2) is 53.9 Å². The van der Waals surface area contributed by atoms with Crippen LogP contribution in [0.5, 0.6) is 0 Å². The number of para-hydroxylation sites is 2. The van der Waals surface area contributed by atoms with Gasteiger partial charge in [0, 0.05) is 43.1 Å². The van der Waals surface area contributed by atoms with Crippen molar-refractivity contribution in [3.05, 3.63) is 82.3 Å². The Morgan fingerprint density at radius 2 is 1.59 bits per heavy atom. The smallest absolute Gasteiger partial charge is 0.224 e. The topological polar surface area (TPSA) is 78.5 Å². The van der Waals surface area contributed by atoms with Gasteiger partial charge in [0.05, 0.1) is 35.3 Å². The zero-order valence-electron chi connectivity index (χ0n) is 17.4. The summed E-state index contributed by atoms with van der Waals surface area (Å²) in [5, 5.41) is 13.9. The fourth-order valence-electron chi connectivity index (χ4n) is 5.01. The minimum Gasteiger partial charge on any atom is -0.618 e. The number of hydrogen-bond donors (Lipinski definition) is 0. The van der Waals surface area contributed by atoms with Crippen LogP contribution in [0.1, 0.15) is 32.0 Å². The van der Waals surface area contributed by atoms with Gasteiger partial charge in [-0.3, -0.25) is 14.5 Å². The Labute approximate surface area is 184 Å². The van der Waals surface area contributed by atoms with E-state index in [0.717, 1.165) is 30.5 Å². The van der Waals surface area contributed by atoms with E-state index >= 15 is 0 Å². The van der Waals surface area contributed by atoms with Crippen molar-refractivity contribution < 1.29 is 19.1 Å². The van der Waals surface area contributed by atoms with Crippen LogP contribution < -0.4 is 4.73 Å². The molecule has 0 atom stereocenters. The summed E-state index contributed by atoms with van der Waals surface area (Å²) in [5.41, 5.74) is 2.56. The lowest BCUT2D eigenvalue weighted by Crippen LogP contribution is -2.38. The van der Waals surface area contributed by atoms with Gasteiger partial charge in [0.1, 0.15) is 5.69 Å². The first kappa shape index (κ1) is 19.2. The summed E-state index contributed by atoms with van der Waals surface area (Å²) >= 11 is 0. The molecule has 6 rings (SSSR count). The number of nitrogens with zero attached hydrogens (tertiary/aromatic N) is 3. The van der Waals surface area contributed by atoms with Crippen LogP contribution in [0.2, 0.25) is 0 Å². The number of ketones is 2. The van der Waals surface area contributed by atoms with Gasteiger partial charge in [-0.05, 0) is 12.1 Å². The maximum absolute atomic E-state index is 13.9. The molecule has 2 aromatic carbocycles. The van der Waals surface area contributed by atoms with E-state index in [-0.39, 0.29) is 17.1 Å². The van der Waals surface area contributed by atoms with Crippen LogP contribution in [0.3, 0.4) is 0 Å². The predicted molar refractivity (Wildman–Crippen MR) is 119 cm³/mol. The van der Waals surface area contributed by atoms with Crippen molar-refractivity contribution in [2.75, 3.05) is 32.8 Å². The predicted octanol–water partition coefficient (Wildman–Crippen LogP) is 2.54. The summed E-state index contributed by atoms with van der Waals surface area (Å²) in [6.07, 6.45) is 1.25. The summed E-state index contributed by atoms with van der Waals surface area (Å²) in [7, 11) is 0. The van der Waals surface area contributed by atoms with Gasteiger partial charge >= 0.3 is 0 Å². The number of benzene rings is 2. The summed E-state index contributed by atoms with van der Waals surface area (Å²) < 4.78 is 8.11. The largest absolute Gasteiger partial charge is 0.618 e. The van der Waals surface area contributed by atoms with Crippen molar-refractivity contribution in [2.24, 2.45) is 0 Å². The number of hydrogen-bond acceptors (Lipinski definition) is 5. The first-order valence-electron chi connectivity index (χ1n) is 10.8. The normalized spacial score (nSPS) is 16.5. The van der Waals surface area contributed by atoms with Crippen LogP contribution in [0.4, 0.5) is 0 Å². The molecule has 0 radical (unpaired) electrons. The Hall–Kier alpha value is -3.55. The molecule has 0 unspecified atom stereocenters. The number of aromatic nitrogens is 2. The molecule has 0 amide bonds. The molecule has 1 aliphatic carbocycles. The first-order chi connectivity index (χ1) is 15.6. The maximum Gasteiger partial charge on any atom is 0.224 e. The number of carbonyl (C=O) groups excluding carboxylic acids is 2. The lowest BCUT2D eigenvalue weighted by atomic mass is 9.85. The Bertz CT molecular complexity index is 1420. The molecule has 0 saturated carbocycles. The molecule has 2 aromatic heterocycles. The zero-order chi connectivity index (χ0) is 21.8. The van der Waals surface area contributed by atoms with E-state index in [1.54, 1.807) is 24.3 Å². The molecule has 1 aliphatic heterocycles. The van der Waals surface area contributed by atoms with Gasteiger partial charge in [0.2, 0.25) is 17.1 Å². The van der Waals surface area contributed by atoms with Crippen LogP contribution in [0, 0.1) is 5.21 Å². The SMILES string of the molecule is O=C1c2c[n+]([O-])c3ccccc3c2C(=O)c2c1c1ccccc1n2CCN1CCOCC1. The Kier molecular flexibility index (Phi) is 4.34. The molecule has 160 valence electrons. The number of ether oxygens (including phenoxy) is 1. The van der Waals surface area contributed by atoms with E-state index in [1.165, 1.54) is 6.20 Å². The molecule has 1 saturated heterocycles. The van der Waals surface area contributed by atoms with E-state index in [2.05, 4.69) is 4.90 Å². The molecule has 7 heteroatoms. The maximum atomic E-state index is 13.9. The van der Waals surface area contributed by atoms with Gasteiger partial charge in [-0.25, -0.2) is 0 Å². The van der Waals surface area contributed by atoms with Crippen molar-refractivity contribution >= 4 is 33.4 Å². The minimum atomic E-state index is -0.272. The third-order valence-corrected chi connectivity index (χ3v) is 6.55. The average Bonchev–Trinajstić information content (AvgIpc) is 3.17. The van der Waals surface area contributed by atoms with Crippen LogP contribution in [0.15, 0.2) is 54.7 Å². The molecule has 0 spiro atoms. The summed E-state index contributed by atoms with van der Waals surface area (Å²) in [6, 6.07) is 14.6. The second-order valence-corrected chi connectivity index (χ2v) is 8.27. The standard InChI is InChI=1S/C25H21N3O4/c29-24-18-15-28(31)20-8-4-2-6-17(20)21(18)25(30)23-22(24)16-5-1-3-7-19(16)27(23)10-9-26-11-13-32-14-12-26/h1-8,15H,9-14H2. The van der Waals surface area contributed by atoms with Gasteiger partial charge in [0.15, 0.2) is 6.20 Å². The highest BCUT2D eigenvalue weighted by Gasteiger charge is 2.38. The number of carbonyl (C=O) groups is 2. The number of fused-ring (bicyclic) bond motifs is 6. The Morgan fingerprint density at radius 3 is 2.41 bits per heavy atom. The van der Waals surface area contributed by atoms with Crippen molar-refractivity contribution in [3.8, 4) is 0 Å². The van der Waals surface area contributed by atoms with Gasteiger partial charge < -0.3 is 14.5 Å². The van der Waals surface area contributed by atoms with Gasteiger partial charge in [-0.2, -0.15) is 4.73 Å². The molecule has 2 aliphatic rings. The van der Waals surface area contributed by atoms with E-state index in [1.807, 2.05) is 28.8 Å². The molecule has 3 heterocycles. The molecular formula is C25H21N3O4. The molecule has 1 fully saturated rings. The number of pyridine rings is 1. The molecule has 32 heavy (non-hydrogen) atoms. The molecule has 0 bridgehead atoms. The lowest BCUT2D eigenvalue weighted by molar-refractivity contribution is -0.577. The third-order valence-electron chi connectivity index (χ3n) is 6.55. The van der Waals surface area contributed by atoms with Crippen molar-refractivity contribution in [3.63, 3.8) is 0 Å². The second kappa shape index (κ2) is 7.25. The van der Waals surface area contributed by atoms with Crippen LogP contribution in [0.25, 0.3) is 21.8 Å². The highest BCUT2D eigenvalue weighted by Crippen LogP contribution is 2.37. The van der Waals surface area contributed by atoms with Crippen LogP contribution >= 0.6 is 0 Å². The quantitative estimate of drug-likeness (QED) is 0.327. The molecule has 7 nitrogen and oxygen atoms in total. The highest BCUT2D eigenvalue weighted by atomic mass is 16.5. The summed E-state index contributed by atoms with van der Waals surface area (Å²) in [6.45, 7) is 4.47. The fraction of sp³-hybridized carbons (Fsp3) is 0.240. The number of morpholine rings is 1. The lowest BCUT2D eigenvalue weighted by Gasteiger charge is -2.27. The van der Waals surface area contributed by atoms with Gasteiger partial charge in [-0.1, -0.05) is 30.3 Å². The molecule has 0 N–H and O–H groups in total. The number of rotatable bonds is 3. The second-order valence-electron chi connectivity index (χ2n) is 8.27. The Morgan fingerprint density at radius 1 is 0.875 bits per heavy atom. The van der Waals surface area contributed by atoms with E-state index < -0.39 is 0 Å². The third kappa shape index (κ3) is 2.71. The summed E-state index contributed by atoms with van der Waals surface area (Å²) in [4.78, 5) is 29.8. The van der Waals surface area contributed by atoms with Crippen molar-refractivity contribution in [2.45, 2.75) is 6.54 Å². The first-order valence-corrected chi connectivity index (χ1v) is 10.8. The zero-order valence-corrected chi connectivity index (χ0v) is 17.4. The Balaban J connectivity index is 1.56. The average molecular weight is 427 g/mol. The van der Waals surface area contributed by atoms with E-state index in [9.17, 15) is 14.8 Å². The van der Waals surface area contributed by atoms with E-state index in [0.29, 0.717) is 52.2 Å². The highest BCUT2D eigenvalue weighted by molar-refractivity contribution is 6.34. The van der Waals surface area contributed by atoms with E-state index in [4.69, 9.17) is 4.74 Å². The van der Waals surface area contributed by atoms with Crippen LogP contribution in [-0.2, 0) is 11.3 Å². The fourth-order valence-corrected chi connectivity index (χ4v) is 5.01. The monoisotopic (exact) mass is 427 g/mol. The van der Waals surface area contributed by atoms with Crippen molar-refractivity contribution in [1.29, 1.82) is 0 Å². The van der Waals surface area contributed by atoms with Crippen molar-refractivity contribution in [1.82, 2.24) is 9.47 Å². The van der Waals surface area contributed by atoms with Gasteiger partial charge in [-0.15, -0.1) is 0 Å². The molecular weight excluding hydrogens is 406 g/mol.